The average molecular weight is 328 g/mol. The standard InChI is InChI=1S/C14H22ClN5S/c1-21-11-6-4-10(5-7-11)16-13-17-12(15)18-14(19-13)20-8-2-3-9-20/h10-11H,2-9H2,1H3,(H,16,17,18,19). The Labute approximate surface area is 135 Å². The summed E-state index contributed by atoms with van der Waals surface area (Å²) >= 11 is 8.04. The molecule has 2 heterocycles. The van der Waals surface area contributed by atoms with Crippen LogP contribution in [0.15, 0.2) is 0 Å². The summed E-state index contributed by atoms with van der Waals surface area (Å²) in [5.41, 5.74) is 0. The van der Waals surface area contributed by atoms with Crippen LogP contribution in [0.1, 0.15) is 38.5 Å². The van der Waals surface area contributed by atoms with Crippen LogP contribution in [0.25, 0.3) is 0 Å². The summed E-state index contributed by atoms with van der Waals surface area (Å²) in [6.45, 7) is 2.03. The fraction of sp³-hybridized carbons (Fsp3) is 0.786. The highest BCUT2D eigenvalue weighted by Gasteiger charge is 2.22. The van der Waals surface area contributed by atoms with Crippen molar-refractivity contribution in [3.63, 3.8) is 0 Å². The predicted molar refractivity (Wildman–Crippen MR) is 89.5 cm³/mol. The summed E-state index contributed by atoms with van der Waals surface area (Å²) in [6, 6.07) is 0.457. The van der Waals surface area contributed by atoms with Crippen molar-refractivity contribution >= 4 is 35.3 Å². The quantitative estimate of drug-likeness (QED) is 0.916. The number of halogens is 1. The molecule has 1 N–H and O–H groups in total. The van der Waals surface area contributed by atoms with Crippen LogP contribution in [-0.4, -0.2) is 45.6 Å². The molecule has 1 aromatic heterocycles. The number of thioether (sulfide) groups is 1. The van der Waals surface area contributed by atoms with E-state index in [4.69, 9.17) is 11.6 Å². The lowest BCUT2D eigenvalue weighted by molar-refractivity contribution is 0.471. The van der Waals surface area contributed by atoms with Crippen LogP contribution in [0.4, 0.5) is 11.9 Å². The maximum atomic E-state index is 6.06. The van der Waals surface area contributed by atoms with Crippen LogP contribution in [0.2, 0.25) is 5.28 Å². The normalized spacial score (nSPS) is 26.1. The molecule has 0 spiro atoms. The highest BCUT2D eigenvalue weighted by atomic mass is 35.5. The minimum absolute atomic E-state index is 0.284. The van der Waals surface area contributed by atoms with E-state index in [1.54, 1.807) is 0 Å². The van der Waals surface area contributed by atoms with Gasteiger partial charge in [0.05, 0.1) is 0 Å². The molecule has 21 heavy (non-hydrogen) atoms. The van der Waals surface area contributed by atoms with Gasteiger partial charge in [-0.05, 0) is 56.4 Å². The van der Waals surface area contributed by atoms with E-state index in [9.17, 15) is 0 Å². The third-order valence-corrected chi connectivity index (χ3v) is 5.63. The van der Waals surface area contributed by atoms with Crippen molar-refractivity contribution in [1.82, 2.24) is 15.0 Å². The molecule has 0 radical (unpaired) electrons. The predicted octanol–water partition coefficient (Wildman–Crippen LogP) is 3.21. The van der Waals surface area contributed by atoms with Gasteiger partial charge in [0.2, 0.25) is 17.2 Å². The third kappa shape index (κ3) is 3.92. The highest BCUT2D eigenvalue weighted by molar-refractivity contribution is 7.99. The Morgan fingerprint density at radius 3 is 2.48 bits per heavy atom. The Hall–Kier alpha value is -0.750. The lowest BCUT2D eigenvalue weighted by Crippen LogP contribution is -2.28. The van der Waals surface area contributed by atoms with Crippen molar-refractivity contribution in [2.24, 2.45) is 0 Å². The number of hydrogen-bond donors (Lipinski definition) is 1. The van der Waals surface area contributed by atoms with Gasteiger partial charge < -0.3 is 10.2 Å². The van der Waals surface area contributed by atoms with Crippen molar-refractivity contribution < 1.29 is 0 Å². The Kier molecular flexibility index (Phi) is 5.06. The third-order valence-electron chi connectivity index (χ3n) is 4.33. The first-order valence-corrected chi connectivity index (χ1v) is 9.37. The lowest BCUT2D eigenvalue weighted by Gasteiger charge is -2.28. The summed E-state index contributed by atoms with van der Waals surface area (Å²) in [6.07, 6.45) is 9.47. The Balaban J connectivity index is 1.65. The first-order chi connectivity index (χ1) is 10.2. The maximum absolute atomic E-state index is 6.06. The molecular weight excluding hydrogens is 306 g/mol. The van der Waals surface area contributed by atoms with E-state index in [1.807, 2.05) is 11.8 Å². The van der Waals surface area contributed by atoms with Gasteiger partial charge >= 0.3 is 0 Å². The molecule has 5 nitrogen and oxygen atoms in total. The van der Waals surface area contributed by atoms with Gasteiger partial charge in [-0.25, -0.2) is 0 Å². The molecule has 1 saturated carbocycles. The number of anilines is 2. The van der Waals surface area contributed by atoms with Gasteiger partial charge in [-0.3, -0.25) is 0 Å². The molecule has 0 atom stereocenters. The average Bonchev–Trinajstić information content (AvgIpc) is 3.02. The van der Waals surface area contributed by atoms with Crippen LogP contribution in [0, 0.1) is 0 Å². The first-order valence-electron chi connectivity index (χ1n) is 7.70. The molecule has 0 bridgehead atoms. The molecule has 2 fully saturated rings. The fourth-order valence-electron chi connectivity index (χ4n) is 3.09. The van der Waals surface area contributed by atoms with Gasteiger partial charge in [0.15, 0.2) is 0 Å². The number of hydrogen-bond acceptors (Lipinski definition) is 6. The Morgan fingerprint density at radius 2 is 1.81 bits per heavy atom. The molecule has 1 aromatic rings. The monoisotopic (exact) mass is 327 g/mol. The SMILES string of the molecule is CSC1CCC(Nc2nc(Cl)nc(N3CCCC3)n2)CC1. The van der Waals surface area contributed by atoms with E-state index in [1.165, 1.54) is 38.5 Å². The van der Waals surface area contributed by atoms with E-state index >= 15 is 0 Å². The second-order valence-corrected chi connectivity index (χ2v) is 7.25. The summed E-state index contributed by atoms with van der Waals surface area (Å²) in [7, 11) is 0. The van der Waals surface area contributed by atoms with Crippen molar-refractivity contribution in [2.45, 2.75) is 49.8 Å². The topological polar surface area (TPSA) is 53.9 Å². The molecule has 0 aromatic carbocycles. The van der Waals surface area contributed by atoms with Gasteiger partial charge in [0, 0.05) is 24.4 Å². The number of aromatic nitrogens is 3. The Morgan fingerprint density at radius 1 is 1.10 bits per heavy atom. The molecule has 0 amide bonds. The van der Waals surface area contributed by atoms with Crippen LogP contribution < -0.4 is 10.2 Å². The van der Waals surface area contributed by atoms with Crippen LogP contribution in [0.3, 0.4) is 0 Å². The van der Waals surface area contributed by atoms with Crippen molar-refractivity contribution in [3.8, 4) is 0 Å². The zero-order valence-corrected chi connectivity index (χ0v) is 14.0. The summed E-state index contributed by atoms with van der Waals surface area (Å²) in [5, 5.41) is 4.54. The molecule has 1 aliphatic carbocycles. The molecule has 2 aliphatic rings. The number of rotatable bonds is 4. The van der Waals surface area contributed by atoms with Crippen molar-refractivity contribution in [2.75, 3.05) is 29.6 Å². The van der Waals surface area contributed by atoms with Gasteiger partial charge in [-0.15, -0.1) is 0 Å². The first kappa shape index (κ1) is 15.2. The van der Waals surface area contributed by atoms with Gasteiger partial charge in [-0.2, -0.15) is 26.7 Å². The van der Waals surface area contributed by atoms with E-state index < -0.39 is 0 Å². The van der Waals surface area contributed by atoms with Crippen LogP contribution in [-0.2, 0) is 0 Å². The second-order valence-electron chi connectivity index (χ2n) is 5.78. The fourth-order valence-corrected chi connectivity index (χ4v) is 3.99. The molecule has 116 valence electrons. The van der Waals surface area contributed by atoms with E-state index in [0.717, 1.165) is 18.3 Å². The number of nitrogens with one attached hydrogen (secondary N) is 1. The maximum Gasteiger partial charge on any atom is 0.231 e. The molecule has 7 heteroatoms. The van der Waals surface area contributed by atoms with Crippen LogP contribution in [0.5, 0.6) is 0 Å². The van der Waals surface area contributed by atoms with Crippen LogP contribution >= 0.6 is 23.4 Å². The van der Waals surface area contributed by atoms with E-state index in [2.05, 4.69) is 31.4 Å². The molecular formula is C14H22ClN5S. The number of nitrogens with zero attached hydrogens (tertiary/aromatic N) is 4. The van der Waals surface area contributed by atoms with Crippen molar-refractivity contribution in [1.29, 1.82) is 0 Å². The summed E-state index contributed by atoms with van der Waals surface area (Å²) < 4.78 is 0. The zero-order valence-electron chi connectivity index (χ0n) is 12.4. The van der Waals surface area contributed by atoms with Gasteiger partial charge in [-0.1, -0.05) is 0 Å². The summed E-state index contributed by atoms with van der Waals surface area (Å²) in [5.74, 6) is 1.34. The lowest BCUT2D eigenvalue weighted by atomic mass is 9.95. The highest BCUT2D eigenvalue weighted by Crippen LogP contribution is 2.28. The van der Waals surface area contributed by atoms with Gasteiger partial charge in [0.1, 0.15) is 0 Å². The van der Waals surface area contributed by atoms with E-state index in [0.29, 0.717) is 17.9 Å². The zero-order chi connectivity index (χ0) is 14.7. The molecule has 0 unspecified atom stereocenters. The second kappa shape index (κ2) is 7.01. The molecule has 1 saturated heterocycles. The smallest absolute Gasteiger partial charge is 0.231 e. The Bertz CT molecular complexity index is 472. The van der Waals surface area contributed by atoms with Crippen molar-refractivity contribution in [3.05, 3.63) is 5.28 Å². The largest absolute Gasteiger partial charge is 0.351 e. The minimum Gasteiger partial charge on any atom is -0.351 e. The summed E-state index contributed by atoms with van der Waals surface area (Å²) in [4.78, 5) is 15.2. The molecule has 3 rings (SSSR count). The molecule has 1 aliphatic heterocycles. The van der Waals surface area contributed by atoms with E-state index in [-0.39, 0.29) is 5.28 Å². The minimum atomic E-state index is 0.284. The van der Waals surface area contributed by atoms with Gasteiger partial charge in [0.25, 0.3) is 0 Å².